The Hall–Kier alpha value is -1.26. The van der Waals surface area contributed by atoms with Crippen LogP contribution >= 0.6 is 0 Å². The average molecular weight is 184 g/mol. The molecule has 2 amide bonds. The number of fused-ring (bicyclic) bond motifs is 1. The second-order valence-corrected chi connectivity index (χ2v) is 3.66. The van der Waals surface area contributed by atoms with Gasteiger partial charge in [0.2, 0.25) is 5.91 Å². The van der Waals surface area contributed by atoms with Gasteiger partial charge in [-0.1, -0.05) is 0 Å². The Kier molecular flexibility index (Phi) is 1.68. The zero-order valence-electron chi connectivity index (χ0n) is 7.36. The van der Waals surface area contributed by atoms with Gasteiger partial charge < -0.3 is 15.3 Å². The van der Waals surface area contributed by atoms with Crippen LogP contribution in [0.1, 0.15) is 0 Å². The van der Waals surface area contributed by atoms with Crippen LogP contribution in [0.5, 0.6) is 0 Å². The van der Waals surface area contributed by atoms with E-state index in [2.05, 4.69) is 5.32 Å². The highest BCUT2D eigenvalue weighted by molar-refractivity contribution is 5.82. The molecule has 2 rings (SSSR count). The molecule has 5 nitrogen and oxygen atoms in total. The molecule has 0 aromatic heterocycles. The highest BCUT2D eigenvalue weighted by atomic mass is 16.4. The summed E-state index contributed by atoms with van der Waals surface area (Å²) in [7, 11) is 1.62. The molecule has 2 unspecified atom stereocenters. The van der Waals surface area contributed by atoms with Crippen LogP contribution in [-0.2, 0) is 4.79 Å². The first-order chi connectivity index (χ1) is 6.15. The number of rotatable bonds is 1. The summed E-state index contributed by atoms with van der Waals surface area (Å²) in [5.41, 5.74) is 0. The van der Waals surface area contributed by atoms with Crippen LogP contribution in [0.15, 0.2) is 0 Å². The van der Waals surface area contributed by atoms with Gasteiger partial charge in [-0.3, -0.25) is 4.79 Å². The van der Waals surface area contributed by atoms with Crippen molar-refractivity contribution < 1.29 is 14.7 Å². The predicted octanol–water partition coefficient (Wildman–Crippen LogP) is -0.412. The lowest BCUT2D eigenvalue weighted by atomic mass is 10.2. The van der Waals surface area contributed by atoms with Gasteiger partial charge in [0.05, 0.1) is 0 Å². The predicted molar refractivity (Wildman–Crippen MR) is 44.1 cm³/mol. The minimum absolute atomic E-state index is 0.0556. The lowest BCUT2D eigenvalue weighted by molar-refractivity contribution is -0.122. The van der Waals surface area contributed by atoms with Crippen molar-refractivity contribution in [3.63, 3.8) is 0 Å². The SMILES string of the molecule is CNC(=O)C1C2CN(C(=O)O)CC21. The van der Waals surface area contributed by atoms with E-state index >= 15 is 0 Å². The first kappa shape index (κ1) is 8.34. The molecule has 1 aliphatic heterocycles. The van der Waals surface area contributed by atoms with E-state index in [9.17, 15) is 9.59 Å². The average Bonchev–Trinajstić information content (AvgIpc) is 2.58. The number of nitrogens with one attached hydrogen (secondary N) is 1. The van der Waals surface area contributed by atoms with Crippen molar-refractivity contribution in [2.45, 2.75) is 0 Å². The summed E-state index contributed by atoms with van der Waals surface area (Å²) in [4.78, 5) is 23.1. The van der Waals surface area contributed by atoms with Crippen LogP contribution in [-0.4, -0.2) is 42.1 Å². The van der Waals surface area contributed by atoms with E-state index in [1.165, 1.54) is 4.90 Å². The standard InChI is InChI=1S/C8H12N2O3/c1-9-7(11)6-4-2-10(8(12)13)3-5(4)6/h4-6H,2-3H2,1H3,(H,9,11)(H,12,13). The Morgan fingerprint density at radius 1 is 1.38 bits per heavy atom. The third-order valence-electron chi connectivity index (χ3n) is 3.01. The van der Waals surface area contributed by atoms with Crippen LogP contribution < -0.4 is 5.32 Å². The molecular formula is C8H12N2O3. The molecule has 0 spiro atoms. The van der Waals surface area contributed by atoms with Gasteiger partial charge in [0, 0.05) is 26.1 Å². The fourth-order valence-corrected chi connectivity index (χ4v) is 2.24. The van der Waals surface area contributed by atoms with E-state index in [1.54, 1.807) is 7.05 Å². The number of hydrogen-bond donors (Lipinski definition) is 2. The van der Waals surface area contributed by atoms with E-state index < -0.39 is 6.09 Å². The quantitative estimate of drug-likeness (QED) is 0.582. The molecule has 2 aliphatic rings. The van der Waals surface area contributed by atoms with Gasteiger partial charge >= 0.3 is 6.09 Å². The second-order valence-electron chi connectivity index (χ2n) is 3.66. The number of hydrogen-bond acceptors (Lipinski definition) is 2. The third kappa shape index (κ3) is 1.15. The highest BCUT2D eigenvalue weighted by Crippen LogP contribution is 2.51. The molecule has 0 aromatic carbocycles. The first-order valence-corrected chi connectivity index (χ1v) is 4.34. The number of amides is 2. The lowest BCUT2D eigenvalue weighted by Gasteiger charge is -2.14. The smallest absolute Gasteiger partial charge is 0.407 e. The molecule has 13 heavy (non-hydrogen) atoms. The first-order valence-electron chi connectivity index (χ1n) is 4.34. The third-order valence-corrected chi connectivity index (χ3v) is 3.01. The Balaban J connectivity index is 1.90. The largest absolute Gasteiger partial charge is 0.465 e. The number of likely N-dealkylation sites (tertiary alicyclic amines) is 1. The molecule has 2 N–H and O–H groups in total. The fourth-order valence-electron chi connectivity index (χ4n) is 2.24. The van der Waals surface area contributed by atoms with E-state index in [-0.39, 0.29) is 23.7 Å². The zero-order chi connectivity index (χ0) is 9.59. The summed E-state index contributed by atoms with van der Waals surface area (Å²) in [6.07, 6.45) is -0.872. The molecule has 72 valence electrons. The van der Waals surface area contributed by atoms with Crippen LogP contribution in [0.4, 0.5) is 4.79 Å². The summed E-state index contributed by atoms with van der Waals surface area (Å²) in [5.74, 6) is 0.674. The van der Waals surface area contributed by atoms with Crippen LogP contribution in [0.25, 0.3) is 0 Å². The van der Waals surface area contributed by atoms with Crippen molar-refractivity contribution in [1.29, 1.82) is 0 Å². The topological polar surface area (TPSA) is 69.6 Å². The van der Waals surface area contributed by atoms with Crippen molar-refractivity contribution in [3.05, 3.63) is 0 Å². The Bertz CT molecular complexity index is 254. The van der Waals surface area contributed by atoms with Gasteiger partial charge in [-0.15, -0.1) is 0 Å². The minimum atomic E-state index is -0.872. The summed E-state index contributed by atoms with van der Waals surface area (Å²) in [6.45, 7) is 1.05. The Morgan fingerprint density at radius 2 is 1.92 bits per heavy atom. The number of nitrogens with zero attached hydrogens (tertiary/aromatic N) is 1. The molecule has 0 aromatic rings. The summed E-state index contributed by atoms with van der Waals surface area (Å²) in [5, 5.41) is 11.3. The summed E-state index contributed by atoms with van der Waals surface area (Å²) in [6, 6.07) is 0. The molecule has 2 fully saturated rings. The van der Waals surface area contributed by atoms with Crippen molar-refractivity contribution in [2.75, 3.05) is 20.1 Å². The molecule has 1 aliphatic carbocycles. The Labute approximate surface area is 75.7 Å². The second kappa shape index (κ2) is 2.61. The van der Waals surface area contributed by atoms with Gasteiger partial charge in [0.1, 0.15) is 0 Å². The van der Waals surface area contributed by atoms with E-state index in [4.69, 9.17) is 5.11 Å². The summed E-state index contributed by atoms with van der Waals surface area (Å²) >= 11 is 0. The number of piperidine rings is 1. The van der Waals surface area contributed by atoms with Crippen LogP contribution in [0.3, 0.4) is 0 Å². The zero-order valence-corrected chi connectivity index (χ0v) is 7.36. The Morgan fingerprint density at radius 3 is 2.31 bits per heavy atom. The molecule has 5 heteroatoms. The fraction of sp³-hybridized carbons (Fsp3) is 0.750. The van der Waals surface area contributed by atoms with E-state index in [0.29, 0.717) is 13.1 Å². The normalized spacial score (nSPS) is 35.5. The van der Waals surface area contributed by atoms with E-state index in [0.717, 1.165) is 0 Å². The van der Waals surface area contributed by atoms with Gasteiger partial charge in [-0.05, 0) is 11.8 Å². The molecule has 1 saturated carbocycles. The van der Waals surface area contributed by atoms with Crippen molar-refractivity contribution in [3.8, 4) is 0 Å². The number of carboxylic acid groups (broad SMARTS) is 1. The maximum atomic E-state index is 11.2. The monoisotopic (exact) mass is 184 g/mol. The molecule has 0 radical (unpaired) electrons. The number of carbonyl (C=O) groups excluding carboxylic acids is 1. The number of carbonyl (C=O) groups is 2. The van der Waals surface area contributed by atoms with Gasteiger partial charge in [0.15, 0.2) is 0 Å². The van der Waals surface area contributed by atoms with Gasteiger partial charge in [-0.2, -0.15) is 0 Å². The van der Waals surface area contributed by atoms with Gasteiger partial charge in [-0.25, -0.2) is 4.79 Å². The molecule has 2 atom stereocenters. The lowest BCUT2D eigenvalue weighted by Crippen LogP contribution is -2.33. The molecule has 1 saturated heterocycles. The maximum Gasteiger partial charge on any atom is 0.407 e. The highest BCUT2D eigenvalue weighted by Gasteiger charge is 2.60. The van der Waals surface area contributed by atoms with Crippen molar-refractivity contribution in [1.82, 2.24) is 10.2 Å². The maximum absolute atomic E-state index is 11.2. The molecular weight excluding hydrogens is 172 g/mol. The van der Waals surface area contributed by atoms with Gasteiger partial charge in [0.25, 0.3) is 0 Å². The van der Waals surface area contributed by atoms with Crippen molar-refractivity contribution in [2.24, 2.45) is 17.8 Å². The van der Waals surface area contributed by atoms with Crippen molar-refractivity contribution >= 4 is 12.0 Å². The molecule has 0 bridgehead atoms. The molecule has 1 heterocycles. The van der Waals surface area contributed by atoms with E-state index in [1.807, 2.05) is 0 Å². The van der Waals surface area contributed by atoms with Crippen LogP contribution in [0, 0.1) is 17.8 Å². The summed E-state index contributed by atoms with van der Waals surface area (Å²) < 4.78 is 0. The minimum Gasteiger partial charge on any atom is -0.465 e. The van der Waals surface area contributed by atoms with Crippen LogP contribution in [0.2, 0.25) is 0 Å².